The molecule has 0 aromatic heterocycles. The van der Waals surface area contributed by atoms with Crippen LogP contribution in [0.3, 0.4) is 0 Å². The van der Waals surface area contributed by atoms with Gasteiger partial charge in [0, 0.05) is 25.3 Å². The number of rotatable bonds is 3. The van der Waals surface area contributed by atoms with Crippen molar-refractivity contribution in [2.45, 2.75) is 12.8 Å². The first-order valence-corrected chi connectivity index (χ1v) is 6.03. The molecule has 0 spiro atoms. The second-order valence-corrected chi connectivity index (χ2v) is 4.49. The van der Waals surface area contributed by atoms with E-state index in [1.807, 2.05) is 6.07 Å². The summed E-state index contributed by atoms with van der Waals surface area (Å²) in [6.07, 6.45) is 1.76. The highest BCUT2D eigenvalue weighted by Gasteiger charge is 2.23. The van der Waals surface area contributed by atoms with E-state index in [-0.39, 0.29) is 5.92 Å². The lowest BCUT2D eigenvalue weighted by atomic mass is 9.97. The maximum Gasteiger partial charge on any atom is 0.0965 e. The minimum Gasteiger partial charge on any atom is -0.308 e. The molecule has 1 fully saturated rings. The van der Waals surface area contributed by atoms with E-state index < -0.39 is 0 Å². The van der Waals surface area contributed by atoms with E-state index >= 15 is 0 Å². The molecule has 1 aromatic rings. The number of nitrogens with zero attached hydrogens (tertiary/aromatic N) is 2. The molecule has 1 aliphatic heterocycles. The van der Waals surface area contributed by atoms with E-state index in [0.717, 1.165) is 32.5 Å². The van der Waals surface area contributed by atoms with Gasteiger partial charge in [-0.05, 0) is 18.4 Å². The second kappa shape index (κ2) is 5.60. The summed E-state index contributed by atoms with van der Waals surface area (Å²) in [4.78, 5) is 2.29. The molecule has 1 aromatic carbocycles. The Morgan fingerprint density at radius 2 is 2.12 bits per heavy atom. The van der Waals surface area contributed by atoms with Crippen molar-refractivity contribution in [1.29, 1.82) is 10.7 Å². The molecular weight excluding hydrogens is 210 g/mol. The summed E-state index contributed by atoms with van der Waals surface area (Å²) in [5.74, 6) is -0.195. The molecule has 0 radical (unpaired) electrons. The highest BCUT2D eigenvalue weighted by molar-refractivity contribution is 5.87. The third-order valence-corrected chi connectivity index (χ3v) is 3.27. The molecular formula is C14H17N3. The Morgan fingerprint density at radius 1 is 1.35 bits per heavy atom. The summed E-state index contributed by atoms with van der Waals surface area (Å²) >= 11 is 0. The van der Waals surface area contributed by atoms with Crippen LogP contribution in [0, 0.1) is 22.7 Å². The molecule has 1 N–H and O–H groups in total. The molecule has 1 atom stereocenters. The molecule has 0 saturated carbocycles. The smallest absolute Gasteiger partial charge is 0.0965 e. The summed E-state index contributed by atoms with van der Waals surface area (Å²) in [6, 6.07) is 12.6. The average molecular weight is 227 g/mol. The highest BCUT2D eigenvalue weighted by atomic mass is 15.1. The van der Waals surface area contributed by atoms with E-state index in [0.29, 0.717) is 5.71 Å². The van der Waals surface area contributed by atoms with Crippen molar-refractivity contribution >= 4 is 5.71 Å². The minimum absolute atomic E-state index is 0.195. The lowest BCUT2D eigenvalue weighted by Crippen LogP contribution is -2.40. The summed E-state index contributed by atoms with van der Waals surface area (Å²) in [5, 5.41) is 16.6. The SMILES string of the molecule is N#CC1CN(CCc2ccccc2)CCC1=N. The molecule has 2 rings (SSSR count). The zero-order valence-corrected chi connectivity index (χ0v) is 9.89. The second-order valence-electron chi connectivity index (χ2n) is 4.49. The van der Waals surface area contributed by atoms with Crippen LogP contribution in [0.4, 0.5) is 0 Å². The van der Waals surface area contributed by atoms with Crippen LogP contribution in [-0.2, 0) is 6.42 Å². The van der Waals surface area contributed by atoms with Crippen LogP contribution >= 0.6 is 0 Å². The topological polar surface area (TPSA) is 50.9 Å². The summed E-state index contributed by atoms with van der Waals surface area (Å²) < 4.78 is 0. The Kier molecular flexibility index (Phi) is 3.89. The van der Waals surface area contributed by atoms with Crippen LogP contribution in [-0.4, -0.2) is 30.2 Å². The van der Waals surface area contributed by atoms with Gasteiger partial charge in [-0.15, -0.1) is 0 Å². The standard InChI is InChI=1S/C14H17N3/c15-10-13-11-17(9-7-14(13)16)8-6-12-4-2-1-3-5-12/h1-5,13,16H,6-9,11H2. The average Bonchev–Trinajstić information content (AvgIpc) is 2.39. The van der Waals surface area contributed by atoms with Gasteiger partial charge in [-0.2, -0.15) is 5.26 Å². The van der Waals surface area contributed by atoms with E-state index in [9.17, 15) is 0 Å². The maximum absolute atomic E-state index is 8.95. The molecule has 3 nitrogen and oxygen atoms in total. The van der Waals surface area contributed by atoms with Crippen molar-refractivity contribution in [2.24, 2.45) is 5.92 Å². The van der Waals surface area contributed by atoms with Crippen molar-refractivity contribution in [3.05, 3.63) is 35.9 Å². The predicted octanol–water partition coefficient (Wildman–Crippen LogP) is 2.09. The van der Waals surface area contributed by atoms with Crippen LogP contribution in [0.1, 0.15) is 12.0 Å². The Bertz CT molecular complexity index is 419. The molecule has 0 amide bonds. The number of piperidine rings is 1. The number of nitrogens with one attached hydrogen (secondary N) is 1. The molecule has 88 valence electrons. The van der Waals surface area contributed by atoms with Gasteiger partial charge in [0.1, 0.15) is 0 Å². The molecule has 1 heterocycles. The quantitative estimate of drug-likeness (QED) is 0.859. The number of hydrogen-bond acceptors (Lipinski definition) is 3. The van der Waals surface area contributed by atoms with Gasteiger partial charge in [0.25, 0.3) is 0 Å². The van der Waals surface area contributed by atoms with Crippen LogP contribution in [0.15, 0.2) is 30.3 Å². The maximum atomic E-state index is 8.95. The van der Waals surface area contributed by atoms with Gasteiger partial charge in [-0.3, -0.25) is 0 Å². The van der Waals surface area contributed by atoms with Gasteiger partial charge in [0.05, 0.1) is 12.0 Å². The van der Waals surface area contributed by atoms with E-state index in [1.165, 1.54) is 5.56 Å². The van der Waals surface area contributed by atoms with Crippen molar-refractivity contribution in [2.75, 3.05) is 19.6 Å². The molecule has 1 aliphatic rings. The Balaban J connectivity index is 1.85. The van der Waals surface area contributed by atoms with Crippen LogP contribution < -0.4 is 0 Å². The zero-order chi connectivity index (χ0) is 12.1. The van der Waals surface area contributed by atoms with Gasteiger partial charge in [0.15, 0.2) is 0 Å². The van der Waals surface area contributed by atoms with Gasteiger partial charge in [0.2, 0.25) is 0 Å². The van der Waals surface area contributed by atoms with E-state index in [1.54, 1.807) is 0 Å². The first kappa shape index (κ1) is 11.8. The summed E-state index contributed by atoms with van der Waals surface area (Å²) in [5.41, 5.74) is 1.94. The van der Waals surface area contributed by atoms with Gasteiger partial charge < -0.3 is 10.3 Å². The van der Waals surface area contributed by atoms with Crippen molar-refractivity contribution in [3.8, 4) is 6.07 Å². The fraction of sp³-hybridized carbons (Fsp3) is 0.429. The van der Waals surface area contributed by atoms with Gasteiger partial charge in [-0.1, -0.05) is 30.3 Å². The van der Waals surface area contributed by atoms with E-state index in [2.05, 4.69) is 35.2 Å². The van der Waals surface area contributed by atoms with Crippen LogP contribution in [0.5, 0.6) is 0 Å². The normalized spacial score (nSPS) is 21.1. The third kappa shape index (κ3) is 3.15. The van der Waals surface area contributed by atoms with Gasteiger partial charge >= 0.3 is 0 Å². The summed E-state index contributed by atoms with van der Waals surface area (Å²) in [7, 11) is 0. The monoisotopic (exact) mass is 227 g/mol. The molecule has 17 heavy (non-hydrogen) atoms. The molecule has 0 aliphatic carbocycles. The summed E-state index contributed by atoms with van der Waals surface area (Å²) in [6.45, 7) is 2.63. The first-order chi connectivity index (χ1) is 8.29. The highest BCUT2D eigenvalue weighted by Crippen LogP contribution is 2.13. The first-order valence-electron chi connectivity index (χ1n) is 6.03. The lowest BCUT2D eigenvalue weighted by Gasteiger charge is -2.30. The molecule has 1 saturated heterocycles. The number of nitriles is 1. The Hall–Kier alpha value is -1.66. The number of benzene rings is 1. The molecule has 1 unspecified atom stereocenters. The predicted molar refractivity (Wildman–Crippen MR) is 68.0 cm³/mol. The zero-order valence-electron chi connectivity index (χ0n) is 9.89. The van der Waals surface area contributed by atoms with E-state index in [4.69, 9.17) is 10.7 Å². The van der Waals surface area contributed by atoms with Crippen LogP contribution in [0.2, 0.25) is 0 Å². The van der Waals surface area contributed by atoms with Crippen LogP contribution in [0.25, 0.3) is 0 Å². The fourth-order valence-electron chi connectivity index (χ4n) is 2.17. The van der Waals surface area contributed by atoms with Crippen molar-refractivity contribution in [3.63, 3.8) is 0 Å². The number of hydrogen-bond donors (Lipinski definition) is 1. The lowest BCUT2D eigenvalue weighted by molar-refractivity contribution is 0.259. The van der Waals surface area contributed by atoms with Crippen molar-refractivity contribution < 1.29 is 0 Å². The largest absolute Gasteiger partial charge is 0.308 e. The fourth-order valence-corrected chi connectivity index (χ4v) is 2.17. The van der Waals surface area contributed by atoms with Crippen molar-refractivity contribution in [1.82, 2.24) is 4.90 Å². The minimum atomic E-state index is -0.195. The Labute approximate surface area is 102 Å². The third-order valence-electron chi connectivity index (χ3n) is 3.27. The number of likely N-dealkylation sites (tertiary alicyclic amines) is 1. The molecule has 3 heteroatoms. The molecule has 0 bridgehead atoms. The van der Waals surface area contributed by atoms with Gasteiger partial charge in [-0.25, -0.2) is 0 Å². The Morgan fingerprint density at radius 3 is 2.82 bits per heavy atom.